The highest BCUT2D eigenvalue weighted by Crippen LogP contribution is 2.16. The number of nitrogens with one attached hydrogen (secondary N) is 1. The fourth-order valence-corrected chi connectivity index (χ4v) is 2.96. The molecule has 1 nitrogen and oxygen atoms in total. The van der Waals surface area contributed by atoms with Crippen LogP contribution < -0.4 is 5.32 Å². The van der Waals surface area contributed by atoms with Crippen LogP contribution in [-0.2, 0) is 6.54 Å². The lowest BCUT2D eigenvalue weighted by molar-refractivity contribution is 0.607. The molecule has 2 aromatic rings. The highest BCUT2D eigenvalue weighted by atomic mass is 32.2. The molecule has 0 bridgehead atoms. The molecule has 1 N–H and O–H groups in total. The molecule has 0 saturated carbocycles. The van der Waals surface area contributed by atoms with Crippen LogP contribution in [0.3, 0.4) is 0 Å². The van der Waals surface area contributed by atoms with Crippen LogP contribution in [0, 0.1) is 19.7 Å². The predicted octanol–water partition coefficient (Wildman–Crippen LogP) is 4.32. The molecule has 3 heteroatoms. The van der Waals surface area contributed by atoms with Gasteiger partial charge in [0, 0.05) is 23.7 Å². The van der Waals surface area contributed by atoms with E-state index >= 15 is 0 Å². The molecular formula is C17H20FNS. The van der Waals surface area contributed by atoms with Crippen LogP contribution in [0.1, 0.15) is 16.7 Å². The first kappa shape index (κ1) is 15.1. The minimum absolute atomic E-state index is 0.0895. The van der Waals surface area contributed by atoms with Crippen LogP contribution in [0.2, 0.25) is 0 Å². The van der Waals surface area contributed by atoms with Gasteiger partial charge in [-0.1, -0.05) is 30.3 Å². The number of hydrogen-bond acceptors (Lipinski definition) is 2. The number of benzene rings is 2. The Labute approximate surface area is 124 Å². The van der Waals surface area contributed by atoms with Crippen LogP contribution >= 0.6 is 11.8 Å². The van der Waals surface area contributed by atoms with Crippen molar-refractivity contribution in [1.29, 1.82) is 0 Å². The maximum Gasteiger partial charge on any atom is 0.129 e. The van der Waals surface area contributed by atoms with Gasteiger partial charge in [0.1, 0.15) is 5.82 Å². The van der Waals surface area contributed by atoms with Gasteiger partial charge in [-0.05, 0) is 42.7 Å². The zero-order valence-electron chi connectivity index (χ0n) is 11.9. The van der Waals surface area contributed by atoms with Crippen LogP contribution in [0.5, 0.6) is 0 Å². The summed E-state index contributed by atoms with van der Waals surface area (Å²) in [6.07, 6.45) is 0. The first-order valence-corrected chi connectivity index (χ1v) is 7.79. The summed E-state index contributed by atoms with van der Waals surface area (Å²) >= 11 is 1.84. The second-order valence-corrected chi connectivity index (χ2v) is 6.05. The predicted molar refractivity (Wildman–Crippen MR) is 84.7 cm³/mol. The van der Waals surface area contributed by atoms with E-state index in [1.54, 1.807) is 0 Å². The average Bonchev–Trinajstić information content (AvgIpc) is 2.45. The summed E-state index contributed by atoms with van der Waals surface area (Å²) in [5.41, 5.74) is 2.59. The van der Waals surface area contributed by atoms with Gasteiger partial charge in [0.05, 0.1) is 0 Å². The molecule has 0 aliphatic rings. The standard InChI is InChI=1S/C17H20FNS/c1-13-10-15(11-14(2)17(13)18)12-19-8-9-20-16-6-4-3-5-7-16/h3-7,10-11,19H,8-9,12H2,1-2H3. The summed E-state index contributed by atoms with van der Waals surface area (Å²) in [6, 6.07) is 14.2. The molecule has 0 aliphatic heterocycles. The molecule has 0 heterocycles. The molecule has 20 heavy (non-hydrogen) atoms. The SMILES string of the molecule is Cc1cc(CNCCSc2ccccc2)cc(C)c1F. The van der Waals surface area contributed by atoms with E-state index in [0.29, 0.717) is 0 Å². The Morgan fingerprint density at radius 2 is 1.70 bits per heavy atom. The summed E-state index contributed by atoms with van der Waals surface area (Å²) < 4.78 is 13.5. The molecule has 0 spiro atoms. The molecule has 0 aromatic heterocycles. The van der Waals surface area contributed by atoms with Crippen molar-refractivity contribution >= 4 is 11.8 Å². The number of rotatable bonds is 6. The summed E-state index contributed by atoms with van der Waals surface area (Å²) in [5.74, 6) is 0.941. The lowest BCUT2D eigenvalue weighted by Gasteiger charge is -2.08. The molecule has 0 radical (unpaired) electrons. The summed E-state index contributed by atoms with van der Waals surface area (Å²) in [6.45, 7) is 5.36. The minimum Gasteiger partial charge on any atom is -0.312 e. The maximum absolute atomic E-state index is 13.5. The zero-order valence-corrected chi connectivity index (χ0v) is 12.8. The molecule has 0 fully saturated rings. The fourth-order valence-electron chi connectivity index (χ4n) is 2.13. The van der Waals surface area contributed by atoms with Gasteiger partial charge in [-0.25, -0.2) is 4.39 Å². The fraction of sp³-hybridized carbons (Fsp3) is 0.294. The highest BCUT2D eigenvalue weighted by Gasteiger charge is 2.03. The monoisotopic (exact) mass is 289 g/mol. The van der Waals surface area contributed by atoms with E-state index in [2.05, 4.69) is 29.6 Å². The van der Waals surface area contributed by atoms with Crippen molar-refractivity contribution < 1.29 is 4.39 Å². The third-order valence-corrected chi connectivity index (χ3v) is 4.13. The summed E-state index contributed by atoms with van der Waals surface area (Å²) in [4.78, 5) is 1.29. The lowest BCUT2D eigenvalue weighted by Crippen LogP contribution is -2.16. The molecule has 0 amide bonds. The maximum atomic E-state index is 13.5. The summed E-state index contributed by atoms with van der Waals surface area (Å²) in [5, 5.41) is 3.40. The van der Waals surface area contributed by atoms with E-state index in [0.717, 1.165) is 35.5 Å². The van der Waals surface area contributed by atoms with E-state index in [1.165, 1.54) is 4.90 Å². The van der Waals surface area contributed by atoms with Gasteiger partial charge in [-0.3, -0.25) is 0 Å². The van der Waals surface area contributed by atoms with Crippen molar-refractivity contribution in [3.8, 4) is 0 Å². The van der Waals surface area contributed by atoms with E-state index in [-0.39, 0.29) is 5.82 Å². The van der Waals surface area contributed by atoms with Gasteiger partial charge in [-0.15, -0.1) is 11.8 Å². The smallest absolute Gasteiger partial charge is 0.129 e. The second kappa shape index (κ2) is 7.46. The molecule has 0 atom stereocenters. The van der Waals surface area contributed by atoms with E-state index in [9.17, 15) is 4.39 Å². The Bertz CT molecular complexity index is 531. The minimum atomic E-state index is -0.0895. The van der Waals surface area contributed by atoms with Crippen molar-refractivity contribution in [2.24, 2.45) is 0 Å². The van der Waals surface area contributed by atoms with Crippen molar-refractivity contribution in [2.75, 3.05) is 12.3 Å². The van der Waals surface area contributed by atoms with Gasteiger partial charge in [0.2, 0.25) is 0 Å². The van der Waals surface area contributed by atoms with Gasteiger partial charge in [0.25, 0.3) is 0 Å². The molecule has 106 valence electrons. The third-order valence-electron chi connectivity index (χ3n) is 3.12. The second-order valence-electron chi connectivity index (χ2n) is 4.88. The van der Waals surface area contributed by atoms with Crippen LogP contribution in [0.4, 0.5) is 4.39 Å². The Balaban J connectivity index is 1.74. The molecule has 0 aliphatic carbocycles. The van der Waals surface area contributed by atoms with Crippen LogP contribution in [0.15, 0.2) is 47.4 Å². The quantitative estimate of drug-likeness (QED) is 0.627. The first-order valence-electron chi connectivity index (χ1n) is 6.81. The van der Waals surface area contributed by atoms with E-state index in [4.69, 9.17) is 0 Å². The number of aryl methyl sites for hydroxylation is 2. The van der Waals surface area contributed by atoms with Gasteiger partial charge >= 0.3 is 0 Å². The van der Waals surface area contributed by atoms with Crippen LogP contribution in [-0.4, -0.2) is 12.3 Å². The highest BCUT2D eigenvalue weighted by molar-refractivity contribution is 7.99. The first-order chi connectivity index (χ1) is 9.66. The largest absolute Gasteiger partial charge is 0.312 e. The number of halogens is 1. The van der Waals surface area contributed by atoms with Crippen LogP contribution in [0.25, 0.3) is 0 Å². The van der Waals surface area contributed by atoms with Crippen molar-refractivity contribution in [3.63, 3.8) is 0 Å². The molecule has 2 aromatic carbocycles. The van der Waals surface area contributed by atoms with Gasteiger partial charge < -0.3 is 5.32 Å². The topological polar surface area (TPSA) is 12.0 Å². The van der Waals surface area contributed by atoms with Crippen molar-refractivity contribution in [1.82, 2.24) is 5.32 Å². The third kappa shape index (κ3) is 4.36. The zero-order chi connectivity index (χ0) is 14.4. The van der Waals surface area contributed by atoms with E-state index < -0.39 is 0 Å². The number of hydrogen-bond donors (Lipinski definition) is 1. The van der Waals surface area contributed by atoms with Crippen molar-refractivity contribution in [2.45, 2.75) is 25.3 Å². The average molecular weight is 289 g/mol. The Morgan fingerprint density at radius 3 is 2.35 bits per heavy atom. The van der Waals surface area contributed by atoms with Gasteiger partial charge in [-0.2, -0.15) is 0 Å². The van der Waals surface area contributed by atoms with Crippen molar-refractivity contribution in [3.05, 3.63) is 65.0 Å². The summed E-state index contributed by atoms with van der Waals surface area (Å²) in [7, 11) is 0. The lowest BCUT2D eigenvalue weighted by atomic mass is 10.1. The Kier molecular flexibility index (Phi) is 5.62. The van der Waals surface area contributed by atoms with E-state index in [1.807, 2.05) is 43.8 Å². The number of thioether (sulfide) groups is 1. The molecular weight excluding hydrogens is 269 g/mol. The molecule has 2 rings (SSSR count). The normalized spacial score (nSPS) is 10.8. The molecule has 0 saturated heterocycles. The Hall–Kier alpha value is -1.32. The molecule has 0 unspecified atom stereocenters. The Morgan fingerprint density at radius 1 is 1.05 bits per heavy atom. The van der Waals surface area contributed by atoms with Gasteiger partial charge in [0.15, 0.2) is 0 Å².